The van der Waals surface area contributed by atoms with Crippen LogP contribution in [0.1, 0.15) is 13.8 Å². The van der Waals surface area contributed by atoms with Gasteiger partial charge in [0.05, 0.1) is 12.3 Å². The first kappa shape index (κ1) is 11.9. The molecule has 1 aliphatic rings. The van der Waals surface area contributed by atoms with Crippen molar-refractivity contribution >= 4 is 32.6 Å². The van der Waals surface area contributed by atoms with E-state index in [0.29, 0.717) is 5.75 Å². The minimum absolute atomic E-state index is 0.655. The van der Waals surface area contributed by atoms with E-state index in [1.165, 1.54) is 11.1 Å². The fraction of sp³-hybridized carbons (Fsp3) is 0.333. The Hall–Kier alpha value is -0.610. The largest absolute Gasteiger partial charge is 0.287 e. The number of halogens is 1. The van der Waals surface area contributed by atoms with Gasteiger partial charge in [0.2, 0.25) is 0 Å². The summed E-state index contributed by atoms with van der Waals surface area (Å²) in [6.45, 7) is 4.93. The second-order valence-electron chi connectivity index (χ2n) is 4.04. The van der Waals surface area contributed by atoms with Crippen LogP contribution in [0.4, 0.5) is 5.69 Å². The van der Waals surface area contributed by atoms with Gasteiger partial charge in [-0.2, -0.15) is 0 Å². The van der Waals surface area contributed by atoms with Crippen LogP contribution in [0.15, 0.2) is 39.9 Å². The van der Waals surface area contributed by atoms with Crippen LogP contribution in [0.25, 0.3) is 0 Å². The van der Waals surface area contributed by atoms with Gasteiger partial charge in [0, 0.05) is 10.2 Å². The fourth-order valence-corrected chi connectivity index (χ4v) is 3.36. The standard InChI is InChI=1S/C12H14BrNOS/c1-9-7-14(16(15)8-10(9)2)12-5-3-11(13)4-6-12/h3-6H,7-8H2,1-2H3. The van der Waals surface area contributed by atoms with Crippen LogP contribution in [0.3, 0.4) is 0 Å². The number of benzene rings is 1. The lowest BCUT2D eigenvalue weighted by Crippen LogP contribution is -2.34. The summed E-state index contributed by atoms with van der Waals surface area (Å²) in [6, 6.07) is 7.95. The van der Waals surface area contributed by atoms with Crippen molar-refractivity contribution in [1.29, 1.82) is 0 Å². The molecule has 1 aromatic carbocycles. The molecule has 16 heavy (non-hydrogen) atoms. The Morgan fingerprint density at radius 1 is 1.19 bits per heavy atom. The molecule has 1 unspecified atom stereocenters. The third-order valence-electron chi connectivity index (χ3n) is 2.81. The SMILES string of the molecule is CC1=C(C)CS(=O)N(c2ccc(Br)cc2)C1. The molecule has 0 radical (unpaired) electrons. The van der Waals surface area contributed by atoms with E-state index in [2.05, 4.69) is 29.8 Å². The number of hydrogen-bond donors (Lipinski definition) is 0. The quantitative estimate of drug-likeness (QED) is 0.729. The molecule has 0 saturated carbocycles. The Morgan fingerprint density at radius 2 is 1.81 bits per heavy atom. The predicted molar refractivity (Wildman–Crippen MR) is 72.9 cm³/mol. The van der Waals surface area contributed by atoms with E-state index in [1.807, 2.05) is 28.6 Å². The molecule has 1 aliphatic heterocycles. The summed E-state index contributed by atoms with van der Waals surface area (Å²) in [5.74, 6) is 0.655. The van der Waals surface area contributed by atoms with Gasteiger partial charge in [-0.15, -0.1) is 0 Å². The zero-order chi connectivity index (χ0) is 11.7. The van der Waals surface area contributed by atoms with Crippen LogP contribution in [-0.4, -0.2) is 16.5 Å². The van der Waals surface area contributed by atoms with E-state index in [0.717, 1.165) is 16.7 Å². The Bertz CT molecular complexity index is 453. The van der Waals surface area contributed by atoms with Crippen molar-refractivity contribution in [2.75, 3.05) is 16.6 Å². The van der Waals surface area contributed by atoms with E-state index in [9.17, 15) is 4.21 Å². The van der Waals surface area contributed by atoms with Crippen LogP contribution in [0.5, 0.6) is 0 Å². The van der Waals surface area contributed by atoms with Gasteiger partial charge in [-0.05, 0) is 38.1 Å². The molecule has 0 amide bonds. The highest BCUT2D eigenvalue weighted by Gasteiger charge is 2.20. The van der Waals surface area contributed by atoms with Crippen molar-refractivity contribution < 1.29 is 4.21 Å². The van der Waals surface area contributed by atoms with Gasteiger partial charge >= 0.3 is 0 Å². The van der Waals surface area contributed by atoms with Gasteiger partial charge in [-0.1, -0.05) is 27.1 Å². The average molecular weight is 300 g/mol. The summed E-state index contributed by atoms with van der Waals surface area (Å²) in [5, 5.41) is 0. The average Bonchev–Trinajstić information content (AvgIpc) is 2.25. The lowest BCUT2D eigenvalue weighted by Gasteiger charge is -2.29. The molecule has 2 rings (SSSR count). The third-order valence-corrected chi connectivity index (χ3v) is 4.85. The third kappa shape index (κ3) is 2.38. The minimum Gasteiger partial charge on any atom is -0.287 e. The molecule has 86 valence electrons. The van der Waals surface area contributed by atoms with Crippen LogP contribution in [-0.2, 0) is 11.0 Å². The maximum atomic E-state index is 12.0. The summed E-state index contributed by atoms with van der Waals surface area (Å²) < 4.78 is 15.0. The highest BCUT2D eigenvalue weighted by atomic mass is 79.9. The molecule has 0 aromatic heterocycles. The first-order valence-electron chi connectivity index (χ1n) is 5.15. The first-order valence-corrected chi connectivity index (χ1v) is 7.21. The zero-order valence-corrected chi connectivity index (χ0v) is 11.8. The molecule has 4 heteroatoms. The Morgan fingerprint density at radius 3 is 2.44 bits per heavy atom. The molecular formula is C12H14BrNOS. The lowest BCUT2D eigenvalue weighted by molar-refractivity contribution is 0.679. The van der Waals surface area contributed by atoms with Gasteiger partial charge < -0.3 is 0 Å². The van der Waals surface area contributed by atoms with Gasteiger partial charge in [-0.3, -0.25) is 4.31 Å². The van der Waals surface area contributed by atoms with E-state index in [4.69, 9.17) is 0 Å². The Kier molecular flexibility index (Phi) is 3.50. The molecule has 1 atom stereocenters. The number of anilines is 1. The normalized spacial score (nSPS) is 21.4. The maximum absolute atomic E-state index is 12.0. The number of nitrogens with zero attached hydrogens (tertiary/aromatic N) is 1. The summed E-state index contributed by atoms with van der Waals surface area (Å²) >= 11 is 3.40. The van der Waals surface area contributed by atoms with Crippen molar-refractivity contribution in [3.8, 4) is 0 Å². The topological polar surface area (TPSA) is 20.3 Å². The molecule has 2 nitrogen and oxygen atoms in total. The molecule has 0 N–H and O–H groups in total. The molecular weight excluding hydrogens is 286 g/mol. The monoisotopic (exact) mass is 299 g/mol. The predicted octanol–water partition coefficient (Wildman–Crippen LogP) is 3.27. The molecule has 1 heterocycles. The van der Waals surface area contributed by atoms with E-state index in [-0.39, 0.29) is 0 Å². The highest BCUT2D eigenvalue weighted by Crippen LogP contribution is 2.25. The van der Waals surface area contributed by atoms with E-state index in [1.54, 1.807) is 0 Å². The summed E-state index contributed by atoms with van der Waals surface area (Å²) in [6.07, 6.45) is 0. The number of rotatable bonds is 1. The van der Waals surface area contributed by atoms with Crippen LogP contribution >= 0.6 is 15.9 Å². The smallest absolute Gasteiger partial charge is 0.124 e. The van der Waals surface area contributed by atoms with Gasteiger partial charge in [0.15, 0.2) is 0 Å². The number of hydrogen-bond acceptors (Lipinski definition) is 1. The van der Waals surface area contributed by atoms with Gasteiger partial charge in [0.1, 0.15) is 11.0 Å². The summed E-state index contributed by atoms with van der Waals surface area (Å²) in [7, 11) is -0.926. The maximum Gasteiger partial charge on any atom is 0.124 e. The molecule has 0 spiro atoms. The van der Waals surface area contributed by atoms with Crippen LogP contribution in [0, 0.1) is 0 Å². The molecule has 0 bridgehead atoms. The molecule has 0 saturated heterocycles. The van der Waals surface area contributed by atoms with Gasteiger partial charge in [0.25, 0.3) is 0 Å². The van der Waals surface area contributed by atoms with E-state index < -0.39 is 11.0 Å². The van der Waals surface area contributed by atoms with Crippen molar-refractivity contribution in [3.05, 3.63) is 39.9 Å². The highest BCUT2D eigenvalue weighted by molar-refractivity contribution is 9.10. The Labute approximate surface area is 107 Å². The summed E-state index contributed by atoms with van der Waals surface area (Å²) in [4.78, 5) is 0. The zero-order valence-electron chi connectivity index (χ0n) is 9.37. The first-order chi connectivity index (χ1) is 7.58. The minimum atomic E-state index is -0.926. The molecule has 1 aromatic rings. The van der Waals surface area contributed by atoms with Crippen molar-refractivity contribution in [1.82, 2.24) is 0 Å². The lowest BCUT2D eigenvalue weighted by atomic mass is 10.1. The molecule has 0 fully saturated rings. The van der Waals surface area contributed by atoms with Gasteiger partial charge in [-0.25, -0.2) is 4.21 Å². The van der Waals surface area contributed by atoms with E-state index >= 15 is 0 Å². The van der Waals surface area contributed by atoms with Crippen LogP contribution in [0.2, 0.25) is 0 Å². The Balaban J connectivity index is 2.29. The van der Waals surface area contributed by atoms with Crippen molar-refractivity contribution in [2.45, 2.75) is 13.8 Å². The van der Waals surface area contributed by atoms with Crippen molar-refractivity contribution in [2.24, 2.45) is 0 Å². The fourth-order valence-electron chi connectivity index (χ4n) is 1.62. The second kappa shape index (κ2) is 4.72. The molecule has 0 aliphatic carbocycles. The summed E-state index contributed by atoms with van der Waals surface area (Å²) in [5.41, 5.74) is 3.60. The van der Waals surface area contributed by atoms with Crippen molar-refractivity contribution in [3.63, 3.8) is 0 Å². The second-order valence-corrected chi connectivity index (χ2v) is 6.33. The van der Waals surface area contributed by atoms with Crippen LogP contribution < -0.4 is 4.31 Å².